The molecule has 8 heteroatoms. The first-order valence-corrected chi connectivity index (χ1v) is 8.79. The maximum absolute atomic E-state index is 12.6. The number of hydrogen-bond donors (Lipinski definition) is 1. The highest BCUT2D eigenvalue weighted by molar-refractivity contribution is 6.04. The predicted octanol–water partition coefficient (Wildman–Crippen LogP) is 2.58. The number of para-hydroxylation sites is 1. The molecule has 0 fully saturated rings. The van der Waals surface area contributed by atoms with E-state index in [1.807, 2.05) is 17.6 Å². The number of esters is 2. The quantitative estimate of drug-likeness (QED) is 0.497. The van der Waals surface area contributed by atoms with Crippen molar-refractivity contribution in [2.75, 3.05) is 13.7 Å². The second kappa shape index (κ2) is 8.08. The molecule has 0 amide bonds. The Kier molecular flexibility index (Phi) is 5.58. The number of fused-ring (bicyclic) bond motifs is 1. The minimum Gasteiger partial charge on any atom is -0.469 e. The molecule has 0 saturated heterocycles. The molecule has 0 aliphatic rings. The average molecular weight is 383 g/mol. The van der Waals surface area contributed by atoms with E-state index in [4.69, 9.17) is 4.74 Å². The third-order valence-electron chi connectivity index (χ3n) is 4.64. The van der Waals surface area contributed by atoms with Crippen molar-refractivity contribution < 1.29 is 23.9 Å². The van der Waals surface area contributed by atoms with Crippen LogP contribution in [0.1, 0.15) is 38.7 Å². The molecule has 2 heterocycles. The molecule has 3 aromatic rings. The molecule has 2 aromatic heterocycles. The van der Waals surface area contributed by atoms with E-state index in [2.05, 4.69) is 14.9 Å². The number of aromatic amines is 1. The second-order valence-corrected chi connectivity index (χ2v) is 6.38. The van der Waals surface area contributed by atoms with Crippen molar-refractivity contribution in [3.05, 3.63) is 53.0 Å². The summed E-state index contributed by atoms with van der Waals surface area (Å²) in [6.07, 6.45) is 0.210. The Morgan fingerprint density at radius 1 is 1.18 bits per heavy atom. The zero-order valence-corrected chi connectivity index (χ0v) is 15.9. The number of rotatable bonds is 7. The fourth-order valence-corrected chi connectivity index (χ4v) is 3.13. The van der Waals surface area contributed by atoms with E-state index in [1.54, 1.807) is 31.2 Å². The van der Waals surface area contributed by atoms with Gasteiger partial charge in [-0.25, -0.2) is 4.79 Å². The van der Waals surface area contributed by atoms with E-state index in [0.29, 0.717) is 23.2 Å². The Hall–Kier alpha value is -3.42. The molecule has 1 aromatic carbocycles. The molecule has 0 saturated carbocycles. The maximum atomic E-state index is 12.6. The van der Waals surface area contributed by atoms with Crippen LogP contribution >= 0.6 is 0 Å². The van der Waals surface area contributed by atoms with Crippen LogP contribution in [0.5, 0.6) is 0 Å². The van der Waals surface area contributed by atoms with Gasteiger partial charge in [-0.3, -0.25) is 14.7 Å². The summed E-state index contributed by atoms with van der Waals surface area (Å²) in [6.45, 7) is 3.67. The molecule has 0 atom stereocenters. The topological polar surface area (TPSA) is 103 Å². The van der Waals surface area contributed by atoms with Gasteiger partial charge in [0.05, 0.1) is 19.0 Å². The Morgan fingerprint density at radius 2 is 1.93 bits per heavy atom. The lowest BCUT2D eigenvalue weighted by atomic mass is 10.1. The first-order valence-electron chi connectivity index (χ1n) is 8.79. The number of ether oxygens (including phenoxy) is 2. The molecular formula is C20H21N3O5. The van der Waals surface area contributed by atoms with Crippen LogP contribution < -0.4 is 0 Å². The molecule has 28 heavy (non-hydrogen) atoms. The van der Waals surface area contributed by atoms with Gasteiger partial charge in [-0.15, -0.1) is 0 Å². The predicted molar refractivity (Wildman–Crippen MR) is 101 cm³/mol. The molecular weight excluding hydrogens is 362 g/mol. The molecule has 0 unspecified atom stereocenters. The van der Waals surface area contributed by atoms with Crippen LogP contribution in [0, 0.1) is 13.8 Å². The van der Waals surface area contributed by atoms with Gasteiger partial charge in [0.1, 0.15) is 0 Å². The van der Waals surface area contributed by atoms with E-state index >= 15 is 0 Å². The van der Waals surface area contributed by atoms with Crippen molar-refractivity contribution in [2.24, 2.45) is 0 Å². The SMILES string of the molecule is COC(=O)CCn1c(C)cc(C(=O)COC(=O)c2n[nH]c3ccccc23)c1C. The van der Waals surface area contributed by atoms with Gasteiger partial charge in [-0.05, 0) is 26.0 Å². The number of aryl methyl sites for hydroxylation is 1. The Balaban J connectivity index is 1.68. The zero-order valence-electron chi connectivity index (χ0n) is 15.9. The largest absolute Gasteiger partial charge is 0.469 e. The number of hydrogen-bond acceptors (Lipinski definition) is 6. The van der Waals surface area contributed by atoms with Crippen LogP contribution in [-0.2, 0) is 20.8 Å². The van der Waals surface area contributed by atoms with Crippen molar-refractivity contribution in [1.82, 2.24) is 14.8 Å². The van der Waals surface area contributed by atoms with Crippen molar-refractivity contribution >= 4 is 28.6 Å². The summed E-state index contributed by atoms with van der Waals surface area (Å²) in [5.41, 5.74) is 2.88. The number of benzene rings is 1. The Bertz CT molecular complexity index is 1050. The highest BCUT2D eigenvalue weighted by Crippen LogP contribution is 2.18. The Labute approximate surface area is 161 Å². The van der Waals surface area contributed by atoms with E-state index in [1.165, 1.54) is 7.11 Å². The van der Waals surface area contributed by atoms with Gasteiger partial charge >= 0.3 is 11.9 Å². The van der Waals surface area contributed by atoms with Crippen molar-refractivity contribution in [3.8, 4) is 0 Å². The molecule has 0 spiro atoms. The van der Waals surface area contributed by atoms with Gasteiger partial charge in [-0.1, -0.05) is 18.2 Å². The van der Waals surface area contributed by atoms with Crippen LogP contribution in [0.3, 0.4) is 0 Å². The van der Waals surface area contributed by atoms with Gasteiger partial charge < -0.3 is 14.0 Å². The molecule has 0 radical (unpaired) electrons. The smallest absolute Gasteiger partial charge is 0.359 e. The van der Waals surface area contributed by atoms with Crippen LogP contribution in [0.15, 0.2) is 30.3 Å². The minimum absolute atomic E-state index is 0.145. The van der Waals surface area contributed by atoms with Crippen LogP contribution in [0.2, 0.25) is 0 Å². The molecule has 3 rings (SSSR count). The fourth-order valence-electron chi connectivity index (χ4n) is 3.13. The number of aromatic nitrogens is 3. The number of ketones is 1. The number of methoxy groups -OCH3 is 1. The standard InChI is InChI=1S/C20H21N3O5/c1-12-10-15(13(2)23(12)9-8-18(25)27-3)17(24)11-28-20(26)19-14-6-4-5-7-16(14)21-22-19/h4-7,10H,8-9,11H2,1-3H3,(H,21,22). The number of nitrogens with one attached hydrogen (secondary N) is 1. The van der Waals surface area contributed by atoms with Gasteiger partial charge in [0, 0.05) is 28.9 Å². The highest BCUT2D eigenvalue weighted by Gasteiger charge is 2.20. The van der Waals surface area contributed by atoms with Gasteiger partial charge in [-0.2, -0.15) is 5.10 Å². The van der Waals surface area contributed by atoms with Crippen molar-refractivity contribution in [2.45, 2.75) is 26.8 Å². The molecule has 8 nitrogen and oxygen atoms in total. The first-order chi connectivity index (χ1) is 13.4. The van der Waals surface area contributed by atoms with Crippen LogP contribution in [0.4, 0.5) is 0 Å². The van der Waals surface area contributed by atoms with E-state index in [9.17, 15) is 14.4 Å². The van der Waals surface area contributed by atoms with Crippen molar-refractivity contribution in [1.29, 1.82) is 0 Å². The van der Waals surface area contributed by atoms with Gasteiger partial charge in [0.15, 0.2) is 12.3 Å². The second-order valence-electron chi connectivity index (χ2n) is 6.38. The summed E-state index contributed by atoms with van der Waals surface area (Å²) in [7, 11) is 1.34. The average Bonchev–Trinajstić information content (AvgIpc) is 3.25. The molecule has 0 bridgehead atoms. The van der Waals surface area contributed by atoms with Crippen molar-refractivity contribution in [3.63, 3.8) is 0 Å². The maximum Gasteiger partial charge on any atom is 0.359 e. The normalized spacial score (nSPS) is 10.8. The molecule has 0 aliphatic heterocycles. The lowest BCUT2D eigenvalue weighted by molar-refractivity contribution is -0.140. The summed E-state index contributed by atoms with van der Waals surface area (Å²) >= 11 is 0. The number of H-pyrrole nitrogens is 1. The van der Waals surface area contributed by atoms with Crippen LogP contribution in [0.25, 0.3) is 10.9 Å². The fraction of sp³-hybridized carbons (Fsp3) is 0.300. The summed E-state index contributed by atoms with van der Waals surface area (Å²) in [5.74, 6) is -1.29. The number of carbonyl (C=O) groups is 3. The monoisotopic (exact) mass is 383 g/mol. The number of carbonyl (C=O) groups excluding carboxylic acids is 3. The lowest BCUT2D eigenvalue weighted by Crippen LogP contribution is -2.16. The lowest BCUT2D eigenvalue weighted by Gasteiger charge is -2.09. The molecule has 146 valence electrons. The zero-order chi connectivity index (χ0) is 20.3. The minimum atomic E-state index is -0.662. The van der Waals surface area contributed by atoms with Gasteiger partial charge in [0.25, 0.3) is 0 Å². The summed E-state index contributed by atoms with van der Waals surface area (Å²) in [5, 5.41) is 7.37. The molecule has 1 N–H and O–H groups in total. The van der Waals surface area contributed by atoms with E-state index in [-0.39, 0.29) is 30.5 Å². The third kappa shape index (κ3) is 3.80. The third-order valence-corrected chi connectivity index (χ3v) is 4.64. The van der Waals surface area contributed by atoms with E-state index < -0.39 is 5.97 Å². The summed E-state index contributed by atoms with van der Waals surface area (Å²) < 4.78 is 11.7. The highest BCUT2D eigenvalue weighted by atomic mass is 16.5. The van der Waals surface area contributed by atoms with E-state index in [0.717, 1.165) is 11.2 Å². The number of Topliss-reactive ketones (excluding diaryl/α,β-unsaturated/α-hetero) is 1. The van der Waals surface area contributed by atoms with Crippen LogP contribution in [-0.4, -0.2) is 46.2 Å². The summed E-state index contributed by atoms with van der Waals surface area (Å²) in [6, 6.07) is 8.91. The number of nitrogens with zero attached hydrogens (tertiary/aromatic N) is 2. The first kappa shape index (κ1) is 19.3. The summed E-state index contributed by atoms with van der Waals surface area (Å²) in [4.78, 5) is 36.2. The Morgan fingerprint density at radius 3 is 2.68 bits per heavy atom. The van der Waals surface area contributed by atoms with Gasteiger partial charge in [0.2, 0.25) is 5.78 Å². The molecule has 0 aliphatic carbocycles.